The minimum atomic E-state index is 0.353. The Labute approximate surface area is 205 Å². The molecule has 1 aromatic heterocycles. The van der Waals surface area contributed by atoms with Gasteiger partial charge in [-0.15, -0.1) is 10.2 Å². The number of hydrazone groups is 1. The highest BCUT2D eigenvalue weighted by Crippen LogP contribution is 2.23. The number of ether oxygens (including phenoxy) is 1. The van der Waals surface area contributed by atoms with E-state index in [0.29, 0.717) is 17.7 Å². The molecule has 7 nitrogen and oxygen atoms in total. The number of nitrogens with one attached hydrogen (secondary N) is 1. The van der Waals surface area contributed by atoms with E-state index in [0.717, 1.165) is 27.1 Å². The second-order valence-corrected chi connectivity index (χ2v) is 9.08. The lowest BCUT2D eigenvalue weighted by atomic mass is 10.1. The van der Waals surface area contributed by atoms with Crippen LogP contribution in [0.2, 0.25) is 0 Å². The average molecular weight is 523 g/mol. The van der Waals surface area contributed by atoms with Crippen molar-refractivity contribution in [2.24, 2.45) is 5.10 Å². The van der Waals surface area contributed by atoms with Gasteiger partial charge in [-0.25, -0.2) is 10.1 Å². The number of halogens is 1. The summed E-state index contributed by atoms with van der Waals surface area (Å²) in [6.07, 6.45) is 1.67. The first-order valence-electron chi connectivity index (χ1n) is 10.2. The summed E-state index contributed by atoms with van der Waals surface area (Å²) in [4.78, 5) is 0. The van der Waals surface area contributed by atoms with Crippen molar-refractivity contribution in [2.45, 2.75) is 24.4 Å². The molecule has 0 radical (unpaired) electrons. The summed E-state index contributed by atoms with van der Waals surface area (Å²) in [6, 6.07) is 23.9. The summed E-state index contributed by atoms with van der Waals surface area (Å²) in [5, 5.41) is 13.1. The Balaban J connectivity index is 1.37. The number of nitrogen functional groups attached to an aromatic ring is 1. The molecule has 9 heteroatoms. The number of aromatic nitrogens is 3. The van der Waals surface area contributed by atoms with Crippen LogP contribution in [0.15, 0.2) is 87.5 Å². The molecule has 3 aromatic carbocycles. The van der Waals surface area contributed by atoms with Crippen LogP contribution in [-0.2, 0) is 12.4 Å². The van der Waals surface area contributed by atoms with Crippen molar-refractivity contribution in [3.63, 3.8) is 0 Å². The fourth-order valence-electron chi connectivity index (χ4n) is 3.03. The zero-order valence-corrected chi connectivity index (χ0v) is 20.4. The third-order valence-corrected chi connectivity index (χ3v) is 6.34. The fourth-order valence-corrected chi connectivity index (χ4v) is 4.41. The van der Waals surface area contributed by atoms with E-state index in [1.807, 2.05) is 60.7 Å². The zero-order valence-electron chi connectivity index (χ0n) is 18.0. The predicted molar refractivity (Wildman–Crippen MR) is 137 cm³/mol. The molecule has 0 aliphatic heterocycles. The number of aryl methyl sites for hydroxylation is 1. The van der Waals surface area contributed by atoms with Gasteiger partial charge in [0.1, 0.15) is 12.4 Å². The van der Waals surface area contributed by atoms with Crippen LogP contribution >= 0.6 is 27.7 Å². The standard InChI is InChI=1S/C24H23BrN6OS/c1-17-7-2-3-10-20(17)16-33-24-30-29-23(31(24)26)28-27-14-19-9-4-5-12-22(19)32-15-18-8-6-11-21(25)13-18/h2-14H,15-16,26H2,1H3,(H,28,29)/b27-14+. The molecular formula is C24H23BrN6OS. The number of hydrogen-bond acceptors (Lipinski definition) is 7. The van der Waals surface area contributed by atoms with Crippen LogP contribution in [0.25, 0.3) is 0 Å². The smallest absolute Gasteiger partial charge is 0.264 e. The number of anilines is 1. The van der Waals surface area contributed by atoms with Crippen LogP contribution in [0.5, 0.6) is 5.75 Å². The molecule has 0 saturated heterocycles. The second-order valence-electron chi connectivity index (χ2n) is 7.22. The Morgan fingerprint density at radius 3 is 2.76 bits per heavy atom. The molecule has 0 bridgehead atoms. The van der Waals surface area contributed by atoms with Crippen molar-refractivity contribution in [3.8, 4) is 5.75 Å². The Bertz CT molecular complexity index is 1260. The molecule has 0 amide bonds. The molecule has 0 spiro atoms. The molecule has 0 aliphatic rings. The maximum absolute atomic E-state index is 6.15. The minimum Gasteiger partial charge on any atom is -0.488 e. The monoisotopic (exact) mass is 522 g/mol. The van der Waals surface area contributed by atoms with Gasteiger partial charge in [-0.2, -0.15) is 5.10 Å². The minimum absolute atomic E-state index is 0.353. The van der Waals surface area contributed by atoms with Gasteiger partial charge < -0.3 is 10.6 Å². The van der Waals surface area contributed by atoms with E-state index in [1.165, 1.54) is 27.6 Å². The lowest BCUT2D eigenvalue weighted by Gasteiger charge is -2.09. The Kier molecular flexibility index (Phi) is 7.64. The molecule has 0 aliphatic carbocycles. The van der Waals surface area contributed by atoms with Crippen LogP contribution in [-0.4, -0.2) is 21.1 Å². The van der Waals surface area contributed by atoms with Crippen molar-refractivity contribution in [1.29, 1.82) is 0 Å². The third-order valence-electron chi connectivity index (χ3n) is 4.85. The number of thioether (sulfide) groups is 1. The molecular weight excluding hydrogens is 500 g/mol. The van der Waals surface area contributed by atoms with Gasteiger partial charge >= 0.3 is 0 Å². The van der Waals surface area contributed by atoms with E-state index >= 15 is 0 Å². The van der Waals surface area contributed by atoms with Gasteiger partial charge in [0.15, 0.2) is 0 Å². The van der Waals surface area contributed by atoms with Crippen molar-refractivity contribution in [3.05, 3.63) is 99.5 Å². The summed E-state index contributed by atoms with van der Waals surface area (Å²) in [6.45, 7) is 2.54. The van der Waals surface area contributed by atoms with E-state index in [4.69, 9.17) is 10.6 Å². The highest BCUT2D eigenvalue weighted by Gasteiger charge is 2.10. The summed E-state index contributed by atoms with van der Waals surface area (Å²) < 4.78 is 8.41. The maximum atomic E-state index is 6.15. The van der Waals surface area contributed by atoms with Gasteiger partial charge in [-0.05, 0) is 47.9 Å². The second kappa shape index (κ2) is 11.0. The number of hydrogen-bond donors (Lipinski definition) is 2. The van der Waals surface area contributed by atoms with Gasteiger partial charge in [0.2, 0.25) is 5.16 Å². The van der Waals surface area contributed by atoms with Crippen LogP contribution in [0.4, 0.5) is 5.95 Å². The first-order chi connectivity index (χ1) is 16.1. The van der Waals surface area contributed by atoms with Gasteiger partial charge in [0.25, 0.3) is 5.95 Å². The summed E-state index contributed by atoms with van der Waals surface area (Å²) in [5.41, 5.74) is 7.23. The topological polar surface area (TPSA) is 90.4 Å². The number of para-hydroxylation sites is 1. The van der Waals surface area contributed by atoms with E-state index < -0.39 is 0 Å². The molecule has 0 saturated carbocycles. The molecule has 1 heterocycles. The van der Waals surface area contributed by atoms with E-state index in [2.05, 4.69) is 55.7 Å². The highest BCUT2D eigenvalue weighted by molar-refractivity contribution is 9.10. The number of benzene rings is 3. The van der Waals surface area contributed by atoms with Crippen molar-refractivity contribution in [1.82, 2.24) is 14.9 Å². The quantitative estimate of drug-likeness (QED) is 0.133. The maximum Gasteiger partial charge on any atom is 0.264 e. The SMILES string of the molecule is Cc1ccccc1CSc1nnc(N/N=C/c2ccccc2OCc2cccc(Br)c2)n1N. The van der Waals surface area contributed by atoms with E-state index in [1.54, 1.807) is 6.21 Å². The van der Waals surface area contributed by atoms with Crippen LogP contribution < -0.4 is 16.0 Å². The van der Waals surface area contributed by atoms with Gasteiger partial charge in [0, 0.05) is 15.8 Å². The summed E-state index contributed by atoms with van der Waals surface area (Å²) >= 11 is 5.00. The van der Waals surface area contributed by atoms with Crippen LogP contribution in [0, 0.1) is 6.92 Å². The lowest BCUT2D eigenvalue weighted by Crippen LogP contribution is -2.13. The normalized spacial score (nSPS) is 11.1. The molecule has 168 valence electrons. The first kappa shape index (κ1) is 22.9. The fraction of sp³-hybridized carbons (Fsp3) is 0.125. The Hall–Kier alpha value is -3.30. The molecule has 33 heavy (non-hydrogen) atoms. The van der Waals surface area contributed by atoms with Crippen LogP contribution in [0.3, 0.4) is 0 Å². The van der Waals surface area contributed by atoms with Gasteiger partial charge in [-0.1, -0.05) is 76.2 Å². The Morgan fingerprint density at radius 1 is 1.09 bits per heavy atom. The van der Waals surface area contributed by atoms with Gasteiger partial charge in [-0.3, -0.25) is 0 Å². The molecule has 3 N–H and O–H groups in total. The van der Waals surface area contributed by atoms with E-state index in [-0.39, 0.29) is 0 Å². The van der Waals surface area contributed by atoms with E-state index in [9.17, 15) is 0 Å². The zero-order chi connectivity index (χ0) is 23.0. The molecule has 4 rings (SSSR count). The largest absolute Gasteiger partial charge is 0.488 e. The van der Waals surface area contributed by atoms with Crippen LogP contribution in [0.1, 0.15) is 22.3 Å². The van der Waals surface area contributed by atoms with Crippen molar-refractivity contribution < 1.29 is 4.74 Å². The number of nitrogens with zero attached hydrogens (tertiary/aromatic N) is 4. The molecule has 4 aromatic rings. The Morgan fingerprint density at radius 2 is 1.91 bits per heavy atom. The highest BCUT2D eigenvalue weighted by atomic mass is 79.9. The average Bonchev–Trinajstić information content (AvgIpc) is 3.17. The number of nitrogens with two attached hydrogens (primary N) is 1. The van der Waals surface area contributed by atoms with Gasteiger partial charge in [0.05, 0.1) is 6.21 Å². The summed E-state index contributed by atoms with van der Waals surface area (Å²) in [5.74, 6) is 7.98. The third kappa shape index (κ3) is 6.15. The first-order valence-corrected chi connectivity index (χ1v) is 12.0. The van der Waals surface area contributed by atoms with Crippen molar-refractivity contribution in [2.75, 3.05) is 11.3 Å². The molecule has 0 unspecified atom stereocenters. The lowest BCUT2D eigenvalue weighted by molar-refractivity contribution is 0.305. The number of rotatable bonds is 9. The predicted octanol–water partition coefficient (Wildman–Crippen LogP) is 5.38. The molecule has 0 atom stereocenters. The molecule has 0 fully saturated rings. The summed E-state index contributed by atoms with van der Waals surface area (Å²) in [7, 11) is 0. The van der Waals surface area contributed by atoms with Crippen molar-refractivity contribution >= 4 is 39.9 Å².